The van der Waals surface area contributed by atoms with Gasteiger partial charge in [-0.15, -0.1) is 0 Å². The first kappa shape index (κ1) is 18.6. The molecule has 0 bridgehead atoms. The molecule has 0 aliphatic heterocycles. The van der Waals surface area contributed by atoms with Crippen LogP contribution in [0.2, 0.25) is 0 Å². The average molecular weight is 334 g/mol. The normalized spacial score (nSPS) is 21.2. The monoisotopic (exact) mass is 334 g/mol. The molecule has 0 aromatic heterocycles. The van der Waals surface area contributed by atoms with Crippen molar-refractivity contribution in [3.63, 3.8) is 0 Å². The van der Waals surface area contributed by atoms with E-state index in [1.165, 1.54) is 0 Å². The molecular weight excluding hydrogens is 303 g/mol. The van der Waals surface area contributed by atoms with Gasteiger partial charge in [0.05, 0.1) is 5.69 Å². The molecule has 0 unspecified atom stereocenters. The molecule has 1 saturated carbocycles. The summed E-state index contributed by atoms with van der Waals surface area (Å²) in [6.45, 7) is 12.7. The highest BCUT2D eigenvalue weighted by Crippen LogP contribution is 2.26. The summed E-state index contributed by atoms with van der Waals surface area (Å²) in [6.07, 6.45) is 4.44. The number of ether oxygens (including phenoxy) is 1. The van der Waals surface area contributed by atoms with E-state index in [1.54, 1.807) is 6.07 Å². The Kier molecular flexibility index (Phi) is 6.14. The van der Waals surface area contributed by atoms with E-state index in [1.807, 2.05) is 39.8 Å². The zero-order valence-corrected chi connectivity index (χ0v) is 15.4. The lowest BCUT2D eigenvalue weighted by Crippen LogP contribution is -2.36. The summed E-state index contributed by atoms with van der Waals surface area (Å²) in [7, 11) is 0. The maximum absolute atomic E-state index is 13.8. The molecule has 24 heavy (non-hydrogen) atoms. The lowest BCUT2D eigenvalue weighted by atomic mass is 9.86. The Morgan fingerprint density at radius 3 is 2.50 bits per heavy atom. The van der Waals surface area contributed by atoms with Gasteiger partial charge in [-0.2, -0.15) is 0 Å². The van der Waals surface area contributed by atoms with Gasteiger partial charge in [-0.25, -0.2) is 4.39 Å². The summed E-state index contributed by atoms with van der Waals surface area (Å²) in [4.78, 5) is 0. The van der Waals surface area contributed by atoms with E-state index < -0.39 is 0 Å². The Hall–Kier alpha value is -1.71. The number of nitrogens with one attached hydrogen (secondary N) is 2. The molecule has 0 amide bonds. The van der Waals surface area contributed by atoms with Gasteiger partial charge >= 0.3 is 0 Å². The summed E-state index contributed by atoms with van der Waals surface area (Å²) >= 11 is 0. The fourth-order valence-electron chi connectivity index (χ4n) is 3.16. The summed E-state index contributed by atoms with van der Waals surface area (Å²) in [5.74, 6) is 1.08. The van der Waals surface area contributed by atoms with E-state index in [0.29, 0.717) is 23.5 Å². The zero-order chi connectivity index (χ0) is 17.7. The van der Waals surface area contributed by atoms with Gasteiger partial charge in [0, 0.05) is 12.6 Å². The third-order valence-electron chi connectivity index (χ3n) is 4.35. The van der Waals surface area contributed by atoms with Crippen molar-refractivity contribution in [2.24, 2.45) is 5.92 Å². The smallest absolute Gasteiger partial charge is 0.180 e. The van der Waals surface area contributed by atoms with Crippen LogP contribution in [0.3, 0.4) is 0 Å². The maximum Gasteiger partial charge on any atom is 0.180 e. The second kappa shape index (κ2) is 7.91. The molecule has 0 spiro atoms. The Morgan fingerprint density at radius 2 is 1.92 bits per heavy atom. The van der Waals surface area contributed by atoms with Crippen molar-refractivity contribution >= 4 is 5.69 Å². The predicted octanol–water partition coefficient (Wildman–Crippen LogP) is 4.98. The van der Waals surface area contributed by atoms with E-state index in [9.17, 15) is 4.39 Å². The van der Waals surface area contributed by atoms with Gasteiger partial charge < -0.3 is 15.4 Å². The van der Waals surface area contributed by atoms with E-state index in [2.05, 4.69) is 17.2 Å². The second-order valence-corrected chi connectivity index (χ2v) is 7.86. The largest absolute Gasteiger partial charge is 0.474 e. The van der Waals surface area contributed by atoms with Crippen molar-refractivity contribution in [2.45, 2.75) is 65.0 Å². The summed E-state index contributed by atoms with van der Waals surface area (Å²) in [5.41, 5.74) is 1.33. The standard InChI is InChI=1S/C20H31FN2O/c1-14-6-11-19(18(21)12-14)22-13-16-7-9-17(10-8-16)23-15(2)24-20(3,4)5/h6,11-12,16-17,22-23H,2,7-10,13H2,1,3-5H3. The van der Waals surface area contributed by atoms with Gasteiger partial charge in [0.1, 0.15) is 11.4 Å². The first-order valence-corrected chi connectivity index (χ1v) is 8.87. The molecule has 0 atom stereocenters. The number of halogens is 1. The first-order chi connectivity index (χ1) is 11.2. The molecule has 2 N–H and O–H groups in total. The predicted molar refractivity (Wildman–Crippen MR) is 98.5 cm³/mol. The minimum absolute atomic E-state index is 0.166. The SMILES string of the molecule is C=C(NC1CCC(CNc2ccc(C)cc2F)CC1)OC(C)(C)C. The van der Waals surface area contributed by atoms with Crippen molar-refractivity contribution in [3.8, 4) is 0 Å². The minimum Gasteiger partial charge on any atom is -0.474 e. The number of hydrogen-bond donors (Lipinski definition) is 2. The molecule has 0 radical (unpaired) electrons. The van der Waals surface area contributed by atoms with E-state index in [-0.39, 0.29) is 11.4 Å². The topological polar surface area (TPSA) is 33.3 Å². The quantitative estimate of drug-likeness (QED) is 0.720. The summed E-state index contributed by atoms with van der Waals surface area (Å²) in [5, 5.41) is 6.65. The Balaban J connectivity index is 1.72. The molecule has 1 fully saturated rings. The van der Waals surface area contributed by atoms with Gasteiger partial charge in [-0.05, 0) is 83.6 Å². The average Bonchev–Trinajstić information content (AvgIpc) is 2.46. The fourth-order valence-corrected chi connectivity index (χ4v) is 3.16. The molecule has 4 heteroatoms. The van der Waals surface area contributed by atoms with Gasteiger partial charge in [-0.3, -0.25) is 0 Å². The van der Waals surface area contributed by atoms with Crippen LogP contribution in [0.5, 0.6) is 0 Å². The number of anilines is 1. The number of rotatable bonds is 6. The van der Waals surface area contributed by atoms with Crippen LogP contribution in [-0.4, -0.2) is 18.2 Å². The molecule has 1 aromatic rings. The van der Waals surface area contributed by atoms with Gasteiger partial charge in [0.25, 0.3) is 0 Å². The Bertz CT molecular complexity index is 557. The highest BCUT2D eigenvalue weighted by atomic mass is 19.1. The third-order valence-corrected chi connectivity index (χ3v) is 4.35. The van der Waals surface area contributed by atoms with Crippen molar-refractivity contribution in [2.75, 3.05) is 11.9 Å². The van der Waals surface area contributed by atoms with E-state index >= 15 is 0 Å². The van der Waals surface area contributed by atoms with E-state index in [4.69, 9.17) is 4.74 Å². The van der Waals surface area contributed by atoms with Crippen LogP contribution in [0.25, 0.3) is 0 Å². The molecule has 1 aliphatic rings. The maximum atomic E-state index is 13.8. The van der Waals surface area contributed by atoms with E-state index in [0.717, 1.165) is 37.8 Å². The van der Waals surface area contributed by atoms with Crippen LogP contribution < -0.4 is 10.6 Å². The Morgan fingerprint density at radius 1 is 1.25 bits per heavy atom. The molecule has 3 nitrogen and oxygen atoms in total. The minimum atomic E-state index is -0.219. The van der Waals surface area contributed by atoms with Gasteiger partial charge in [-0.1, -0.05) is 6.07 Å². The molecule has 0 saturated heterocycles. The zero-order valence-electron chi connectivity index (χ0n) is 15.4. The van der Waals surface area contributed by atoms with Crippen molar-refractivity contribution in [1.29, 1.82) is 0 Å². The highest BCUT2D eigenvalue weighted by molar-refractivity contribution is 5.46. The lowest BCUT2D eigenvalue weighted by molar-refractivity contribution is 0.0363. The fraction of sp³-hybridized carbons (Fsp3) is 0.600. The first-order valence-electron chi connectivity index (χ1n) is 8.87. The van der Waals surface area contributed by atoms with Crippen LogP contribution in [0, 0.1) is 18.7 Å². The lowest BCUT2D eigenvalue weighted by Gasteiger charge is -2.32. The molecule has 1 aromatic carbocycles. The second-order valence-electron chi connectivity index (χ2n) is 7.86. The van der Waals surface area contributed by atoms with Crippen molar-refractivity contribution < 1.29 is 9.13 Å². The van der Waals surface area contributed by atoms with Crippen LogP contribution >= 0.6 is 0 Å². The molecule has 134 valence electrons. The van der Waals surface area contributed by atoms with Crippen LogP contribution in [-0.2, 0) is 4.74 Å². The number of aryl methyl sites for hydroxylation is 1. The summed E-state index contributed by atoms with van der Waals surface area (Å²) in [6, 6.07) is 5.76. The molecule has 0 heterocycles. The van der Waals surface area contributed by atoms with Crippen molar-refractivity contribution in [1.82, 2.24) is 5.32 Å². The van der Waals surface area contributed by atoms with Gasteiger partial charge in [0.2, 0.25) is 0 Å². The van der Waals surface area contributed by atoms with Crippen LogP contribution in [0.15, 0.2) is 30.7 Å². The number of benzene rings is 1. The molecule has 1 aliphatic carbocycles. The summed E-state index contributed by atoms with van der Waals surface area (Å²) < 4.78 is 19.6. The number of hydrogen-bond acceptors (Lipinski definition) is 3. The van der Waals surface area contributed by atoms with Crippen molar-refractivity contribution in [3.05, 3.63) is 42.0 Å². The van der Waals surface area contributed by atoms with Gasteiger partial charge in [0.15, 0.2) is 5.88 Å². The highest BCUT2D eigenvalue weighted by Gasteiger charge is 2.22. The third kappa shape index (κ3) is 6.06. The van der Waals surface area contributed by atoms with Crippen LogP contribution in [0.4, 0.5) is 10.1 Å². The Labute approximate surface area is 145 Å². The molecular formula is C20H31FN2O. The molecule has 2 rings (SSSR count). The van der Waals surface area contributed by atoms with Crippen LogP contribution in [0.1, 0.15) is 52.0 Å².